The van der Waals surface area contributed by atoms with Crippen molar-refractivity contribution >= 4 is 5.91 Å². The second kappa shape index (κ2) is 6.82. The molecule has 0 N–H and O–H groups in total. The first-order valence-electron chi connectivity index (χ1n) is 8.57. The van der Waals surface area contributed by atoms with Crippen LogP contribution in [-0.4, -0.2) is 46.2 Å². The van der Waals surface area contributed by atoms with Crippen LogP contribution in [-0.2, 0) is 9.53 Å². The fourth-order valence-corrected chi connectivity index (χ4v) is 3.62. The molecule has 2 aliphatic rings. The van der Waals surface area contributed by atoms with E-state index in [1.807, 2.05) is 11.1 Å². The molecule has 0 radical (unpaired) electrons. The van der Waals surface area contributed by atoms with Gasteiger partial charge in [0.05, 0.1) is 18.6 Å². The van der Waals surface area contributed by atoms with E-state index in [0.717, 1.165) is 51.2 Å². The molecule has 1 aromatic heterocycles. The Kier molecular flexibility index (Phi) is 4.81. The van der Waals surface area contributed by atoms with Gasteiger partial charge in [0.1, 0.15) is 5.82 Å². The lowest BCUT2D eigenvalue weighted by atomic mass is 10.0. The highest BCUT2D eigenvalue weighted by atomic mass is 16.5. The highest BCUT2D eigenvalue weighted by Gasteiger charge is 2.28. The molecule has 2 saturated heterocycles. The van der Waals surface area contributed by atoms with E-state index in [1.54, 1.807) is 0 Å². The first-order chi connectivity index (χ1) is 10.6. The Hall–Kier alpha value is -1.36. The van der Waals surface area contributed by atoms with E-state index in [2.05, 4.69) is 29.6 Å². The highest BCUT2D eigenvalue weighted by molar-refractivity contribution is 5.76. The van der Waals surface area contributed by atoms with Crippen molar-refractivity contribution in [1.82, 2.24) is 14.5 Å². The number of hydrogen-bond acceptors (Lipinski definition) is 3. The summed E-state index contributed by atoms with van der Waals surface area (Å²) in [6.07, 6.45) is 8.95. The molecule has 3 rings (SSSR count). The van der Waals surface area contributed by atoms with Gasteiger partial charge in [-0.2, -0.15) is 0 Å². The largest absolute Gasteiger partial charge is 0.378 e. The molecular weight excluding hydrogens is 278 g/mol. The van der Waals surface area contributed by atoms with Gasteiger partial charge in [-0.15, -0.1) is 0 Å². The van der Waals surface area contributed by atoms with E-state index in [4.69, 9.17) is 4.74 Å². The molecule has 0 spiro atoms. The molecular formula is C17H27N3O2. The fraction of sp³-hybridized carbons (Fsp3) is 0.765. The van der Waals surface area contributed by atoms with Crippen molar-refractivity contribution in [2.45, 2.75) is 64.0 Å². The molecule has 2 atom stereocenters. The third-order valence-corrected chi connectivity index (χ3v) is 4.78. The average Bonchev–Trinajstić information content (AvgIpc) is 3.18. The van der Waals surface area contributed by atoms with E-state index in [1.165, 1.54) is 0 Å². The van der Waals surface area contributed by atoms with Crippen LogP contribution in [0, 0.1) is 0 Å². The molecule has 0 saturated carbocycles. The summed E-state index contributed by atoms with van der Waals surface area (Å²) in [5, 5.41) is 0. The second-order valence-electron chi connectivity index (χ2n) is 6.82. The quantitative estimate of drug-likeness (QED) is 0.859. The predicted octanol–water partition coefficient (Wildman–Crippen LogP) is 2.74. The van der Waals surface area contributed by atoms with Crippen LogP contribution in [0.25, 0.3) is 0 Å². The number of ether oxygens (including phenoxy) is 1. The second-order valence-corrected chi connectivity index (χ2v) is 6.82. The van der Waals surface area contributed by atoms with E-state index in [9.17, 15) is 4.79 Å². The molecule has 122 valence electrons. The van der Waals surface area contributed by atoms with Crippen LogP contribution in [0.1, 0.15) is 63.7 Å². The number of carbonyl (C=O) groups is 1. The summed E-state index contributed by atoms with van der Waals surface area (Å²) >= 11 is 0. The van der Waals surface area contributed by atoms with Crippen LogP contribution in [0.2, 0.25) is 0 Å². The monoisotopic (exact) mass is 305 g/mol. The highest BCUT2D eigenvalue weighted by Crippen LogP contribution is 2.26. The number of carbonyl (C=O) groups excluding carboxylic acids is 1. The normalized spacial score (nSPS) is 25.9. The van der Waals surface area contributed by atoms with Crippen LogP contribution in [0.4, 0.5) is 0 Å². The molecule has 2 aliphatic heterocycles. The molecule has 1 aromatic rings. The lowest BCUT2D eigenvalue weighted by Crippen LogP contribution is -2.42. The smallest absolute Gasteiger partial charge is 0.225 e. The van der Waals surface area contributed by atoms with Crippen molar-refractivity contribution < 1.29 is 9.53 Å². The van der Waals surface area contributed by atoms with Gasteiger partial charge in [-0.05, 0) is 25.7 Å². The minimum Gasteiger partial charge on any atom is -0.378 e. The van der Waals surface area contributed by atoms with Gasteiger partial charge in [0.15, 0.2) is 0 Å². The number of nitrogens with zero attached hydrogens (tertiary/aromatic N) is 3. The lowest BCUT2D eigenvalue weighted by molar-refractivity contribution is -0.135. The Morgan fingerprint density at radius 3 is 3.00 bits per heavy atom. The maximum absolute atomic E-state index is 12.5. The minimum atomic E-state index is 0.146. The number of imidazole rings is 1. The van der Waals surface area contributed by atoms with E-state index in [-0.39, 0.29) is 12.0 Å². The molecule has 0 unspecified atom stereocenters. The first kappa shape index (κ1) is 15.5. The molecule has 3 heterocycles. The van der Waals surface area contributed by atoms with Crippen molar-refractivity contribution in [2.24, 2.45) is 0 Å². The zero-order valence-corrected chi connectivity index (χ0v) is 13.7. The van der Waals surface area contributed by atoms with Crippen molar-refractivity contribution in [3.8, 4) is 0 Å². The van der Waals surface area contributed by atoms with Gasteiger partial charge in [-0.1, -0.05) is 13.8 Å². The van der Waals surface area contributed by atoms with Crippen LogP contribution in [0.5, 0.6) is 0 Å². The Labute approximate surface area is 132 Å². The number of rotatable bonds is 4. The van der Waals surface area contributed by atoms with Gasteiger partial charge < -0.3 is 14.2 Å². The fourth-order valence-electron chi connectivity index (χ4n) is 3.62. The topological polar surface area (TPSA) is 47.4 Å². The van der Waals surface area contributed by atoms with Crippen molar-refractivity contribution in [3.63, 3.8) is 0 Å². The summed E-state index contributed by atoms with van der Waals surface area (Å²) < 4.78 is 7.88. The maximum Gasteiger partial charge on any atom is 0.225 e. The Morgan fingerprint density at radius 2 is 2.27 bits per heavy atom. The molecule has 0 aromatic carbocycles. The SMILES string of the molecule is CC(C)c1nccn1[C@H]1CCCN(C(=O)C[C@H]2CCCO2)C1. The molecule has 0 bridgehead atoms. The molecule has 1 amide bonds. The maximum atomic E-state index is 12.5. The van der Waals surface area contributed by atoms with Gasteiger partial charge in [-0.25, -0.2) is 4.98 Å². The summed E-state index contributed by atoms with van der Waals surface area (Å²) in [6, 6.07) is 0.363. The third kappa shape index (κ3) is 3.35. The number of piperidine rings is 1. The standard InChI is InChI=1S/C17H27N3O2/c1-13(2)17-18-7-9-20(17)14-5-3-8-19(12-14)16(21)11-15-6-4-10-22-15/h7,9,13-15H,3-6,8,10-12H2,1-2H3/t14-,15+/m0/s1. The van der Waals surface area contributed by atoms with Crippen molar-refractivity contribution in [2.75, 3.05) is 19.7 Å². The summed E-state index contributed by atoms with van der Waals surface area (Å²) in [5.74, 6) is 1.79. The number of hydrogen-bond donors (Lipinski definition) is 0. The summed E-state index contributed by atoms with van der Waals surface area (Å²) in [4.78, 5) is 19.0. The summed E-state index contributed by atoms with van der Waals surface area (Å²) in [7, 11) is 0. The number of aromatic nitrogens is 2. The summed E-state index contributed by atoms with van der Waals surface area (Å²) in [6.45, 7) is 6.84. The van der Waals surface area contributed by atoms with Gasteiger partial charge in [-0.3, -0.25) is 4.79 Å². The Morgan fingerprint density at radius 1 is 1.41 bits per heavy atom. The van der Waals surface area contributed by atoms with Gasteiger partial charge in [0, 0.05) is 38.0 Å². The molecule has 5 nitrogen and oxygen atoms in total. The third-order valence-electron chi connectivity index (χ3n) is 4.78. The van der Waals surface area contributed by atoms with Crippen molar-refractivity contribution in [1.29, 1.82) is 0 Å². The lowest BCUT2D eigenvalue weighted by Gasteiger charge is -2.35. The van der Waals surface area contributed by atoms with Gasteiger partial charge >= 0.3 is 0 Å². The van der Waals surface area contributed by atoms with E-state index >= 15 is 0 Å². The average molecular weight is 305 g/mol. The molecule has 2 fully saturated rings. The van der Waals surface area contributed by atoms with Crippen molar-refractivity contribution in [3.05, 3.63) is 18.2 Å². The van der Waals surface area contributed by atoms with E-state index < -0.39 is 0 Å². The van der Waals surface area contributed by atoms with Crippen LogP contribution >= 0.6 is 0 Å². The minimum absolute atomic E-state index is 0.146. The van der Waals surface area contributed by atoms with Crippen LogP contribution < -0.4 is 0 Å². The van der Waals surface area contributed by atoms with Crippen LogP contribution in [0.15, 0.2) is 12.4 Å². The molecule has 0 aliphatic carbocycles. The predicted molar refractivity (Wildman–Crippen MR) is 84.8 cm³/mol. The first-order valence-corrected chi connectivity index (χ1v) is 8.57. The Bertz CT molecular complexity index is 506. The summed E-state index contributed by atoms with van der Waals surface area (Å²) in [5.41, 5.74) is 0. The zero-order valence-electron chi connectivity index (χ0n) is 13.7. The molecule has 22 heavy (non-hydrogen) atoms. The number of amides is 1. The number of likely N-dealkylation sites (tertiary alicyclic amines) is 1. The molecule has 5 heteroatoms. The van der Waals surface area contributed by atoms with Crippen LogP contribution in [0.3, 0.4) is 0 Å². The van der Waals surface area contributed by atoms with E-state index in [0.29, 0.717) is 18.4 Å². The zero-order chi connectivity index (χ0) is 15.5. The Balaban J connectivity index is 1.63. The van der Waals surface area contributed by atoms with Gasteiger partial charge in [0.2, 0.25) is 5.91 Å². The van der Waals surface area contributed by atoms with Gasteiger partial charge in [0.25, 0.3) is 0 Å².